The van der Waals surface area contributed by atoms with Gasteiger partial charge in [-0.2, -0.15) is 0 Å². The standard InChI is InChI=1S/C30H50O/c1-19(2)28(5,6)16-13-20(3)23-11-12-25-22-9-10-24-21(4)27(31)15-18-30(24,8)26(22)14-17-29(23,25)7/h9,20-21,23-27,31H,1,10-18H2,2-8H3/t20-,21+,23-,24+,25+,26+,27+,29-,30+/m1/s1. The lowest BCUT2D eigenvalue weighted by molar-refractivity contribution is -0.0774. The van der Waals surface area contributed by atoms with Crippen molar-refractivity contribution in [3.63, 3.8) is 0 Å². The van der Waals surface area contributed by atoms with Crippen LogP contribution in [-0.4, -0.2) is 11.2 Å². The Hall–Kier alpha value is -0.560. The molecule has 0 aromatic heterocycles. The molecule has 0 aromatic rings. The number of hydrogen-bond donors (Lipinski definition) is 1. The highest BCUT2D eigenvalue weighted by Crippen LogP contribution is 2.67. The molecule has 1 nitrogen and oxygen atoms in total. The second-order valence-corrected chi connectivity index (χ2v) is 13.5. The summed E-state index contributed by atoms with van der Waals surface area (Å²) in [5.41, 5.74) is 4.37. The molecule has 0 saturated heterocycles. The highest BCUT2D eigenvalue weighted by atomic mass is 16.3. The van der Waals surface area contributed by atoms with Gasteiger partial charge >= 0.3 is 0 Å². The van der Waals surface area contributed by atoms with Crippen molar-refractivity contribution >= 4 is 0 Å². The maximum atomic E-state index is 10.5. The molecule has 0 unspecified atom stereocenters. The molecule has 0 aromatic carbocycles. The minimum absolute atomic E-state index is 0.0814. The van der Waals surface area contributed by atoms with Crippen LogP contribution in [0.2, 0.25) is 0 Å². The van der Waals surface area contributed by atoms with Crippen LogP contribution in [0.4, 0.5) is 0 Å². The van der Waals surface area contributed by atoms with E-state index in [1.165, 1.54) is 56.9 Å². The van der Waals surface area contributed by atoms with Crippen LogP contribution < -0.4 is 0 Å². The lowest BCUT2D eigenvalue weighted by Crippen LogP contribution is -2.52. The van der Waals surface area contributed by atoms with Crippen LogP contribution in [0.15, 0.2) is 23.8 Å². The van der Waals surface area contributed by atoms with Crippen molar-refractivity contribution in [2.75, 3.05) is 0 Å². The monoisotopic (exact) mass is 426 g/mol. The Balaban J connectivity index is 1.52. The van der Waals surface area contributed by atoms with Crippen LogP contribution in [0.3, 0.4) is 0 Å². The summed E-state index contributed by atoms with van der Waals surface area (Å²) in [4.78, 5) is 0. The largest absolute Gasteiger partial charge is 0.393 e. The molecule has 0 amide bonds. The van der Waals surface area contributed by atoms with Crippen molar-refractivity contribution < 1.29 is 5.11 Å². The zero-order valence-electron chi connectivity index (χ0n) is 21.6. The number of aliphatic hydroxyl groups excluding tert-OH is 1. The second-order valence-electron chi connectivity index (χ2n) is 13.5. The Labute approximate surface area is 193 Å². The molecule has 0 heterocycles. The Morgan fingerprint density at radius 3 is 2.45 bits per heavy atom. The number of fused-ring (bicyclic) bond motifs is 5. The van der Waals surface area contributed by atoms with Gasteiger partial charge in [-0.25, -0.2) is 0 Å². The third-order valence-electron chi connectivity index (χ3n) is 11.7. The molecule has 3 saturated carbocycles. The Bertz CT molecular complexity index is 731. The maximum absolute atomic E-state index is 10.5. The van der Waals surface area contributed by atoms with Gasteiger partial charge in [0.05, 0.1) is 6.10 Å². The molecule has 0 aliphatic heterocycles. The molecule has 31 heavy (non-hydrogen) atoms. The molecule has 0 radical (unpaired) electrons. The summed E-state index contributed by atoms with van der Waals surface area (Å²) in [6.45, 7) is 21.3. The number of hydrogen-bond acceptors (Lipinski definition) is 1. The highest BCUT2D eigenvalue weighted by molar-refractivity contribution is 5.28. The van der Waals surface area contributed by atoms with Crippen molar-refractivity contribution in [1.82, 2.24) is 0 Å². The minimum Gasteiger partial charge on any atom is -0.393 e. The summed E-state index contributed by atoms with van der Waals surface area (Å²) in [6, 6.07) is 0. The van der Waals surface area contributed by atoms with E-state index in [-0.39, 0.29) is 11.5 Å². The van der Waals surface area contributed by atoms with E-state index < -0.39 is 0 Å². The average molecular weight is 427 g/mol. The average Bonchev–Trinajstić information content (AvgIpc) is 3.06. The Morgan fingerprint density at radius 1 is 1.13 bits per heavy atom. The van der Waals surface area contributed by atoms with Gasteiger partial charge in [-0.05, 0) is 116 Å². The number of aliphatic hydroxyl groups is 1. The zero-order chi connectivity index (χ0) is 22.8. The van der Waals surface area contributed by atoms with Crippen LogP contribution in [-0.2, 0) is 0 Å². The van der Waals surface area contributed by atoms with E-state index in [2.05, 4.69) is 61.1 Å². The van der Waals surface area contributed by atoms with Gasteiger partial charge in [0.1, 0.15) is 0 Å². The van der Waals surface area contributed by atoms with Gasteiger partial charge in [0.25, 0.3) is 0 Å². The Morgan fingerprint density at radius 2 is 1.77 bits per heavy atom. The van der Waals surface area contributed by atoms with Gasteiger partial charge in [-0.15, -0.1) is 0 Å². The van der Waals surface area contributed by atoms with E-state index in [9.17, 15) is 5.11 Å². The third kappa shape index (κ3) is 3.70. The summed E-state index contributed by atoms with van der Waals surface area (Å²) in [5.74, 6) is 4.40. The minimum atomic E-state index is -0.0814. The zero-order valence-corrected chi connectivity index (χ0v) is 21.6. The maximum Gasteiger partial charge on any atom is 0.0568 e. The van der Waals surface area contributed by atoms with Crippen molar-refractivity contribution in [3.05, 3.63) is 23.8 Å². The molecular weight excluding hydrogens is 376 g/mol. The van der Waals surface area contributed by atoms with Gasteiger partial charge < -0.3 is 5.11 Å². The SMILES string of the molecule is C=C(C)C(C)(C)CC[C@@H](C)[C@H]1CC[C@H]2C3=CC[C@H]4[C@H](C)[C@@H](O)CC[C@]4(C)[C@H]3CC[C@]12C. The van der Waals surface area contributed by atoms with Crippen molar-refractivity contribution in [2.45, 2.75) is 112 Å². The smallest absolute Gasteiger partial charge is 0.0568 e. The fraction of sp³-hybridized carbons (Fsp3) is 0.867. The van der Waals surface area contributed by atoms with Gasteiger partial charge in [0, 0.05) is 0 Å². The highest BCUT2D eigenvalue weighted by Gasteiger charge is 2.59. The molecule has 1 heteroatoms. The molecule has 176 valence electrons. The van der Waals surface area contributed by atoms with E-state index in [1.54, 1.807) is 0 Å². The van der Waals surface area contributed by atoms with Crippen molar-refractivity contribution in [1.29, 1.82) is 0 Å². The van der Waals surface area contributed by atoms with Crippen LogP contribution >= 0.6 is 0 Å². The van der Waals surface area contributed by atoms with Crippen molar-refractivity contribution in [2.24, 2.45) is 51.8 Å². The van der Waals surface area contributed by atoms with Crippen LogP contribution in [0, 0.1) is 51.8 Å². The Kier molecular flexibility index (Phi) is 6.11. The van der Waals surface area contributed by atoms with E-state index in [4.69, 9.17) is 0 Å². The van der Waals surface area contributed by atoms with E-state index in [0.29, 0.717) is 22.7 Å². The summed E-state index contributed by atoms with van der Waals surface area (Å²) >= 11 is 0. The molecule has 9 atom stereocenters. The summed E-state index contributed by atoms with van der Waals surface area (Å²) in [5, 5.41) is 10.5. The van der Waals surface area contributed by atoms with Crippen molar-refractivity contribution in [3.8, 4) is 0 Å². The molecule has 3 fully saturated rings. The predicted octanol–water partition coefficient (Wildman–Crippen LogP) is 8.19. The first kappa shape index (κ1) is 23.6. The normalized spacial score (nSPS) is 45.9. The molecule has 4 rings (SSSR count). The molecule has 1 N–H and O–H groups in total. The molecular formula is C30H50O. The topological polar surface area (TPSA) is 20.2 Å². The van der Waals surface area contributed by atoms with Gasteiger partial charge in [0.15, 0.2) is 0 Å². The lowest BCUT2D eigenvalue weighted by Gasteiger charge is -2.59. The lowest BCUT2D eigenvalue weighted by atomic mass is 9.46. The molecule has 0 spiro atoms. The van der Waals surface area contributed by atoms with Crippen LogP contribution in [0.5, 0.6) is 0 Å². The third-order valence-corrected chi connectivity index (χ3v) is 11.7. The van der Waals surface area contributed by atoms with E-state index >= 15 is 0 Å². The molecule has 0 bridgehead atoms. The van der Waals surface area contributed by atoms with E-state index in [0.717, 1.165) is 30.1 Å². The summed E-state index contributed by atoms with van der Waals surface area (Å²) in [7, 11) is 0. The summed E-state index contributed by atoms with van der Waals surface area (Å²) in [6.07, 6.45) is 14.3. The second kappa shape index (κ2) is 8.03. The van der Waals surface area contributed by atoms with Crippen LogP contribution in [0.1, 0.15) is 106 Å². The van der Waals surface area contributed by atoms with E-state index in [1.807, 2.05) is 5.57 Å². The van der Waals surface area contributed by atoms with Gasteiger partial charge in [-0.1, -0.05) is 65.3 Å². The first-order valence-electron chi connectivity index (χ1n) is 13.5. The quantitative estimate of drug-likeness (QED) is 0.439. The number of rotatable bonds is 5. The molecule has 4 aliphatic rings. The number of allylic oxidation sites excluding steroid dienone is 3. The first-order valence-corrected chi connectivity index (χ1v) is 13.5. The van der Waals surface area contributed by atoms with Gasteiger partial charge in [-0.3, -0.25) is 0 Å². The fourth-order valence-corrected chi connectivity index (χ4v) is 8.92. The first-order chi connectivity index (χ1) is 14.4. The molecule has 4 aliphatic carbocycles. The fourth-order valence-electron chi connectivity index (χ4n) is 8.92. The van der Waals surface area contributed by atoms with Gasteiger partial charge in [0.2, 0.25) is 0 Å². The summed E-state index contributed by atoms with van der Waals surface area (Å²) < 4.78 is 0. The predicted molar refractivity (Wildman–Crippen MR) is 133 cm³/mol. The van der Waals surface area contributed by atoms with Crippen LogP contribution in [0.25, 0.3) is 0 Å².